The topological polar surface area (TPSA) is 280 Å². The summed E-state index contributed by atoms with van der Waals surface area (Å²) in [5.74, 6) is -5.22. The molecule has 0 saturated carbocycles. The van der Waals surface area contributed by atoms with E-state index < -0.39 is 70.5 Å². The summed E-state index contributed by atoms with van der Waals surface area (Å²) >= 11 is 78.5. The molecule has 3 heterocycles. The number of esters is 2. The Kier molecular flexibility index (Phi) is 34.4. The molecule has 0 aromatic heterocycles. The van der Waals surface area contributed by atoms with E-state index in [1.165, 1.54) is 74.9 Å². The van der Waals surface area contributed by atoms with Gasteiger partial charge < -0.3 is 56.1 Å². The van der Waals surface area contributed by atoms with Crippen molar-refractivity contribution in [3.05, 3.63) is 272 Å². The third-order valence-corrected chi connectivity index (χ3v) is 20.5. The van der Waals surface area contributed by atoms with E-state index in [0.717, 1.165) is 50.1 Å². The van der Waals surface area contributed by atoms with Gasteiger partial charge in [0, 0.05) is 29.5 Å². The number of nitrogens with two attached hydrogens (primary N) is 1. The van der Waals surface area contributed by atoms with E-state index in [-0.39, 0.29) is 146 Å². The van der Waals surface area contributed by atoms with Crippen LogP contribution in [-0.2, 0) is 97.0 Å². The first-order valence-corrected chi connectivity index (χ1v) is 35.7. The number of amides is 2. The molecule has 0 spiro atoms. The Hall–Kier alpha value is -6.08. The van der Waals surface area contributed by atoms with Crippen molar-refractivity contribution < 1.29 is 101 Å². The summed E-state index contributed by atoms with van der Waals surface area (Å²) in [6, 6.07) is 28.9. The second-order valence-electron chi connectivity index (χ2n) is 23.1. The molecule has 0 aliphatic carbocycles. The van der Waals surface area contributed by atoms with Crippen molar-refractivity contribution in [3.63, 3.8) is 0 Å². The fourth-order valence-corrected chi connectivity index (χ4v) is 15.7. The average Bonchev–Trinajstić information content (AvgIpc) is 1.77. The quantitative estimate of drug-likeness (QED) is 0.0375. The molecule has 0 bridgehead atoms. The molecule has 9 aromatic carbocycles. The number of hydrogen-bond acceptors (Lipinski definition) is 13. The summed E-state index contributed by atoms with van der Waals surface area (Å²) in [4.78, 5) is 72.4. The van der Waals surface area contributed by atoms with Crippen LogP contribution in [0.5, 0.6) is 0 Å². The number of rotatable bonds is 17. The van der Waals surface area contributed by atoms with E-state index in [2.05, 4.69) is 15.4 Å². The number of carboxylic acids is 1. The Bertz CT molecular complexity index is 4800. The molecule has 0 radical (unpaired) electrons. The third-order valence-electron chi connectivity index (χ3n) is 16.6. The van der Waals surface area contributed by atoms with Gasteiger partial charge in [0.15, 0.2) is 0 Å². The number of halogens is 16. The first kappa shape index (κ1) is 90.8. The molecule has 34 heteroatoms. The summed E-state index contributed by atoms with van der Waals surface area (Å²) in [6.45, 7) is 1.85. The first-order chi connectivity index (χ1) is 49.9. The molecule has 12 rings (SSSR count). The van der Waals surface area contributed by atoms with Crippen LogP contribution in [0.4, 0.5) is 13.2 Å². The fourth-order valence-electron chi connectivity index (χ4n) is 11.7. The van der Waals surface area contributed by atoms with Crippen LogP contribution in [0.3, 0.4) is 0 Å². The molecule has 9 aromatic rings. The summed E-state index contributed by atoms with van der Waals surface area (Å²) in [5, 5.41) is 16.5. The van der Waals surface area contributed by atoms with E-state index in [1.807, 2.05) is 12.1 Å². The Morgan fingerprint density at radius 1 is 0.426 bits per heavy atom. The Balaban J connectivity index is 0.000000236. The number of nitrogens with one attached hydrogen (secondary N) is 2. The molecule has 3 aliphatic rings. The van der Waals surface area contributed by atoms with Crippen LogP contribution >= 0.6 is 151 Å². The van der Waals surface area contributed by atoms with Gasteiger partial charge in [0.2, 0.25) is 0 Å². The summed E-state index contributed by atoms with van der Waals surface area (Å²) in [6.07, 6.45) is 0.445. The van der Waals surface area contributed by atoms with Crippen LogP contribution in [0.1, 0.15) is 81.1 Å². The van der Waals surface area contributed by atoms with Crippen molar-refractivity contribution in [2.24, 2.45) is 5.73 Å². The van der Waals surface area contributed by atoms with E-state index in [9.17, 15) is 47.0 Å². The van der Waals surface area contributed by atoms with E-state index in [4.69, 9.17) is 175 Å². The van der Waals surface area contributed by atoms with Gasteiger partial charge in [-0.1, -0.05) is 194 Å². The van der Waals surface area contributed by atoms with Crippen LogP contribution in [0.2, 0.25) is 60.3 Å². The number of carbonyl (C=O) groups is 6. The van der Waals surface area contributed by atoms with Crippen molar-refractivity contribution >= 4 is 186 Å². The molecule has 3 aliphatic heterocycles. The van der Waals surface area contributed by atoms with E-state index in [1.54, 1.807) is 54.6 Å². The van der Waals surface area contributed by atoms with Gasteiger partial charge in [-0.25, -0.2) is 22.8 Å². The van der Waals surface area contributed by atoms with Gasteiger partial charge in [-0.2, -0.15) is 0 Å². The van der Waals surface area contributed by atoms with Crippen molar-refractivity contribution in [1.29, 1.82) is 0 Å². The van der Waals surface area contributed by atoms with Crippen LogP contribution in [0.15, 0.2) is 127 Å². The molecule has 108 heavy (non-hydrogen) atoms. The van der Waals surface area contributed by atoms with Gasteiger partial charge in [0.25, 0.3) is 17.1 Å². The van der Waals surface area contributed by atoms with Gasteiger partial charge in [-0.15, -0.1) is 0 Å². The van der Waals surface area contributed by atoms with Crippen molar-refractivity contribution in [3.8, 4) is 33.4 Å². The van der Waals surface area contributed by atoms with Gasteiger partial charge in [0.1, 0.15) is 35.6 Å². The number of carboxylic acid groups (broad SMARTS) is 1. The van der Waals surface area contributed by atoms with E-state index in [0.29, 0.717) is 53.0 Å². The number of methoxy groups -OCH3 is 2. The van der Waals surface area contributed by atoms with Gasteiger partial charge >= 0.3 is 36.8 Å². The van der Waals surface area contributed by atoms with Crippen LogP contribution in [-0.4, -0.2) is 83.4 Å². The molecule has 564 valence electrons. The summed E-state index contributed by atoms with van der Waals surface area (Å²) < 4.78 is 67.3. The molecule has 2 amide bonds. The smallest absolute Gasteiger partial charge is 0.870 e. The first-order valence-electron chi connectivity index (χ1n) is 30.8. The van der Waals surface area contributed by atoms with Gasteiger partial charge in [-0.05, 0) is 158 Å². The van der Waals surface area contributed by atoms with Crippen molar-refractivity contribution in [1.82, 2.24) is 10.6 Å². The van der Waals surface area contributed by atoms with E-state index >= 15 is 0 Å². The molecule has 0 fully saturated rings. The Labute approximate surface area is 693 Å². The van der Waals surface area contributed by atoms with Crippen molar-refractivity contribution in [2.45, 2.75) is 77.0 Å². The standard InChI is InChI=1S/C25H18Cl4FNO4.C24H16Cl4FNO4.C18H16Cl2FNO3.C7H3Cl3O.Li.2H2O/c1-34-25(33)21(31-24(32)23-17(26)3-2-4-18(23)27)7-12-5-6-14(16-11-35-10-15(12)16)22-19(28)8-13(30)9-20(22)29;25-16-2-1-3-17(26)22(16)23(31)30-20(24(32)33)6-11-4-5-13(15-10-34-9-14(11)15)21-18(27)7-12(29)8-19(21)28;1-24-18(23)16(22)4-9-2-3-11(13-8-25-7-12(9)13)17-14(19)5-10(21)6-15(17)20;8-4-2-1-3-5(9)6(4)7(10)11;;;/h2-6,8-9,21H,7,10-11H2,1H3,(H,31,32);1-5,7-8,20H,6,9-10H2,(H,30,31)(H,32,33);2-3,5-6,16H,4,7-8,22H2,1H3;1-3H;;2*1H2/q;;;;+1;;/p-1/t21-;20-;16-;;;;/m000..../s1. The van der Waals surface area contributed by atoms with Crippen molar-refractivity contribution in [2.75, 3.05) is 14.2 Å². The fraction of sp³-hybridized carbons (Fsp3) is 0.189. The molecule has 0 unspecified atom stereocenters. The van der Waals surface area contributed by atoms with Crippen LogP contribution in [0, 0.1) is 17.5 Å². The zero-order valence-electron chi connectivity index (χ0n) is 56.2. The number of hydrogen-bond donors (Lipinski definition) is 4. The maximum Gasteiger partial charge on any atom is 1.00 e. The number of ether oxygens (including phenoxy) is 5. The molecule has 17 nitrogen and oxygen atoms in total. The largest absolute Gasteiger partial charge is 1.00 e. The van der Waals surface area contributed by atoms with Gasteiger partial charge in [-0.3, -0.25) is 19.2 Å². The van der Waals surface area contributed by atoms with Gasteiger partial charge in [0.05, 0.1) is 131 Å². The minimum Gasteiger partial charge on any atom is -0.870 e. The molecule has 3 atom stereocenters. The normalized spacial score (nSPS) is 12.8. The minimum absolute atomic E-state index is 0. The number of carbonyl (C=O) groups excluding carboxylic acids is 5. The van der Waals surface area contributed by atoms with Crippen LogP contribution < -0.4 is 35.2 Å². The number of benzene rings is 9. The Morgan fingerprint density at radius 2 is 0.694 bits per heavy atom. The maximum absolute atomic E-state index is 13.7. The molecule has 8 N–H and O–H groups in total. The summed E-state index contributed by atoms with van der Waals surface area (Å²) in [5.41, 5.74) is 17.2. The summed E-state index contributed by atoms with van der Waals surface area (Å²) in [7, 11) is 2.54. The second-order valence-corrected chi connectivity index (χ2v) is 28.3. The third kappa shape index (κ3) is 21.6. The zero-order chi connectivity index (χ0) is 76.4. The van der Waals surface area contributed by atoms with Crippen LogP contribution in [0.25, 0.3) is 33.4 Å². The minimum atomic E-state index is -1.26. The molecule has 0 saturated heterocycles. The number of aliphatic carboxylic acids is 1. The SMILES string of the molecule is COC(=O)[C@@H](N)Cc1ccc(-c2c(Cl)cc(F)cc2Cl)c2c1COC2.COC(=O)[C@H](Cc1ccc(-c2c(Cl)cc(F)cc2Cl)c2c1COC2)NC(=O)c1c(Cl)cccc1Cl.O.O=C(Cl)c1c(Cl)cccc1Cl.O=C(N[C@@H](Cc1ccc(-c2c(Cl)cc(F)cc2Cl)c2c1COC2)C(=O)O)c1c(Cl)cccc1Cl.[Li+].[OH-]. The monoisotopic (exact) mass is 1730 g/mol. The average molecular weight is 1740 g/mol. The molecular weight excluding hydrogens is 1680 g/mol. The zero-order valence-corrected chi connectivity index (χ0v) is 66.1. The maximum atomic E-state index is 13.7. The number of fused-ring (bicyclic) bond motifs is 3. The Morgan fingerprint density at radius 3 is 0.972 bits per heavy atom. The molecular formula is C74H56Cl13F3LiN3O14. The predicted octanol–water partition coefficient (Wildman–Crippen LogP) is 16.5. The predicted molar refractivity (Wildman–Crippen MR) is 409 cm³/mol. The second kappa shape index (κ2) is 40.9.